The first-order valence-corrected chi connectivity index (χ1v) is 8.17. The third-order valence-corrected chi connectivity index (χ3v) is 4.34. The van der Waals surface area contributed by atoms with Gasteiger partial charge in [0.1, 0.15) is 5.82 Å². The number of hydrogen-bond acceptors (Lipinski definition) is 4. The molecule has 4 aromatic rings. The number of nitrogens with zero attached hydrogens (tertiary/aromatic N) is 3. The van der Waals surface area contributed by atoms with E-state index in [0.29, 0.717) is 5.56 Å². The highest BCUT2D eigenvalue weighted by atomic mass is 35.5. The highest BCUT2D eigenvalue weighted by Gasteiger charge is 2.15. The van der Waals surface area contributed by atoms with E-state index in [2.05, 4.69) is 4.98 Å². The molecule has 0 aliphatic carbocycles. The second-order valence-corrected chi connectivity index (χ2v) is 6.07. The number of benzene rings is 1. The predicted molar refractivity (Wildman–Crippen MR) is 106 cm³/mol. The smallest absolute Gasteiger partial charge is 0.279 e. The standard InChI is InChI=1S/C20H14FN3O3.ClH/c21-15-3-1-13(2-4-15)11-24-10-9-23-12-16(14-5-7-22-8-6-14)18(25)19(26)17(23)20(24)27;/h1-10,12,26H,11H2;1H. The molecule has 0 radical (unpaired) electrons. The maximum absolute atomic E-state index is 13.0. The summed E-state index contributed by atoms with van der Waals surface area (Å²) in [5.74, 6) is -0.972. The fourth-order valence-corrected chi connectivity index (χ4v) is 2.95. The van der Waals surface area contributed by atoms with Gasteiger partial charge in [0.25, 0.3) is 5.56 Å². The van der Waals surface area contributed by atoms with Crippen LogP contribution in [0.4, 0.5) is 4.39 Å². The van der Waals surface area contributed by atoms with E-state index >= 15 is 0 Å². The Balaban J connectivity index is 0.00000225. The minimum atomic E-state index is -0.627. The molecule has 0 aliphatic rings. The molecule has 3 heterocycles. The Morgan fingerprint density at radius 2 is 1.68 bits per heavy atom. The van der Waals surface area contributed by atoms with Crippen LogP contribution in [0, 0.1) is 5.82 Å². The fraction of sp³-hybridized carbons (Fsp3) is 0.0500. The molecule has 6 nitrogen and oxygen atoms in total. The zero-order valence-electron chi connectivity index (χ0n) is 14.4. The highest BCUT2D eigenvalue weighted by molar-refractivity contribution is 5.85. The molecule has 0 saturated carbocycles. The molecule has 0 fully saturated rings. The zero-order valence-corrected chi connectivity index (χ0v) is 15.3. The first kappa shape index (κ1) is 19.3. The molecule has 3 aromatic heterocycles. The van der Waals surface area contributed by atoms with Crippen LogP contribution in [-0.2, 0) is 6.54 Å². The molecule has 8 heteroatoms. The quantitative estimate of drug-likeness (QED) is 0.574. The topological polar surface area (TPSA) is 76.6 Å². The van der Waals surface area contributed by atoms with Gasteiger partial charge in [-0.1, -0.05) is 12.1 Å². The van der Waals surface area contributed by atoms with Crippen molar-refractivity contribution in [2.75, 3.05) is 0 Å². The van der Waals surface area contributed by atoms with Gasteiger partial charge in [0.15, 0.2) is 11.3 Å². The number of aromatic hydroxyl groups is 1. The first-order valence-electron chi connectivity index (χ1n) is 8.17. The van der Waals surface area contributed by atoms with E-state index in [9.17, 15) is 19.1 Å². The zero-order chi connectivity index (χ0) is 19.0. The average Bonchev–Trinajstić information content (AvgIpc) is 2.69. The monoisotopic (exact) mass is 399 g/mol. The van der Waals surface area contributed by atoms with E-state index in [1.807, 2.05) is 0 Å². The van der Waals surface area contributed by atoms with Crippen molar-refractivity contribution in [2.45, 2.75) is 6.54 Å². The molecule has 0 saturated heterocycles. The number of hydrogen-bond donors (Lipinski definition) is 1. The van der Waals surface area contributed by atoms with Crippen molar-refractivity contribution in [2.24, 2.45) is 0 Å². The molecule has 4 rings (SSSR count). The summed E-state index contributed by atoms with van der Waals surface area (Å²) >= 11 is 0. The van der Waals surface area contributed by atoms with E-state index in [1.165, 1.54) is 27.3 Å². The van der Waals surface area contributed by atoms with E-state index in [0.717, 1.165) is 5.56 Å². The molecule has 0 bridgehead atoms. The Morgan fingerprint density at radius 3 is 2.36 bits per heavy atom. The summed E-state index contributed by atoms with van der Waals surface area (Å²) in [7, 11) is 0. The van der Waals surface area contributed by atoms with Gasteiger partial charge in [0, 0.05) is 36.5 Å². The van der Waals surface area contributed by atoms with Crippen molar-refractivity contribution in [3.63, 3.8) is 0 Å². The Kier molecular flexibility index (Phi) is 5.28. The van der Waals surface area contributed by atoms with Crippen LogP contribution in [0.15, 0.2) is 77.0 Å². The van der Waals surface area contributed by atoms with E-state index in [1.54, 1.807) is 49.1 Å². The normalized spacial score (nSPS) is 10.6. The number of pyridine rings is 2. The molecule has 0 aliphatic heterocycles. The predicted octanol–water partition coefficient (Wildman–Crippen LogP) is 2.84. The summed E-state index contributed by atoms with van der Waals surface area (Å²) in [6.45, 7) is 0.190. The van der Waals surface area contributed by atoms with Crippen LogP contribution in [0.25, 0.3) is 16.6 Å². The van der Waals surface area contributed by atoms with Crippen LogP contribution >= 0.6 is 12.4 Å². The summed E-state index contributed by atoms with van der Waals surface area (Å²) in [6.07, 6.45) is 7.74. The Labute approximate surface area is 164 Å². The van der Waals surface area contributed by atoms with Crippen LogP contribution in [-0.4, -0.2) is 19.1 Å². The molecular weight excluding hydrogens is 385 g/mol. The van der Waals surface area contributed by atoms with Crippen molar-refractivity contribution in [3.8, 4) is 16.9 Å². The minimum absolute atomic E-state index is 0. The van der Waals surface area contributed by atoms with E-state index in [-0.39, 0.29) is 35.8 Å². The molecule has 0 unspecified atom stereocenters. The summed E-state index contributed by atoms with van der Waals surface area (Å²) in [4.78, 5) is 29.3. The lowest BCUT2D eigenvalue weighted by molar-refractivity contribution is 0.472. The van der Waals surface area contributed by atoms with Crippen molar-refractivity contribution in [1.29, 1.82) is 0 Å². The highest BCUT2D eigenvalue weighted by Crippen LogP contribution is 2.19. The van der Waals surface area contributed by atoms with Gasteiger partial charge < -0.3 is 14.1 Å². The maximum atomic E-state index is 13.0. The largest absolute Gasteiger partial charge is 0.503 e. The Hall–Kier alpha value is -3.45. The lowest BCUT2D eigenvalue weighted by atomic mass is 10.1. The van der Waals surface area contributed by atoms with Gasteiger partial charge in [-0.05, 0) is 35.4 Å². The molecule has 0 atom stereocenters. The van der Waals surface area contributed by atoms with Gasteiger partial charge in [-0.15, -0.1) is 12.4 Å². The summed E-state index contributed by atoms with van der Waals surface area (Å²) < 4.78 is 15.8. The van der Waals surface area contributed by atoms with Crippen molar-refractivity contribution >= 4 is 17.9 Å². The van der Waals surface area contributed by atoms with E-state index < -0.39 is 16.7 Å². The Bertz CT molecular complexity index is 1250. The summed E-state index contributed by atoms with van der Waals surface area (Å²) in [5.41, 5.74) is 0.328. The summed E-state index contributed by atoms with van der Waals surface area (Å²) in [6, 6.07) is 9.07. The molecule has 28 heavy (non-hydrogen) atoms. The third-order valence-electron chi connectivity index (χ3n) is 4.34. The maximum Gasteiger partial charge on any atom is 0.279 e. The second kappa shape index (κ2) is 7.66. The SMILES string of the molecule is Cl.O=c1c(-c2ccncc2)cn2ccn(Cc3ccc(F)cc3)c(=O)c2c1O. The van der Waals surface area contributed by atoms with Crippen LogP contribution in [0.5, 0.6) is 5.75 Å². The van der Waals surface area contributed by atoms with Crippen molar-refractivity contribution < 1.29 is 9.50 Å². The van der Waals surface area contributed by atoms with Crippen LogP contribution < -0.4 is 11.0 Å². The molecule has 0 spiro atoms. The Morgan fingerprint density at radius 1 is 1.00 bits per heavy atom. The van der Waals surface area contributed by atoms with Gasteiger partial charge in [0.05, 0.1) is 6.54 Å². The lowest BCUT2D eigenvalue weighted by Crippen LogP contribution is -2.24. The molecule has 0 amide bonds. The van der Waals surface area contributed by atoms with Crippen LogP contribution in [0.1, 0.15) is 5.56 Å². The van der Waals surface area contributed by atoms with Crippen molar-refractivity contribution in [1.82, 2.24) is 14.0 Å². The average molecular weight is 400 g/mol. The second-order valence-electron chi connectivity index (χ2n) is 6.07. The number of aromatic nitrogens is 3. The van der Waals surface area contributed by atoms with Gasteiger partial charge >= 0.3 is 0 Å². The number of fused-ring (bicyclic) bond motifs is 1. The minimum Gasteiger partial charge on any atom is -0.503 e. The number of halogens is 2. The number of rotatable bonds is 3. The van der Waals surface area contributed by atoms with Gasteiger partial charge in [-0.3, -0.25) is 14.6 Å². The van der Waals surface area contributed by atoms with Gasteiger partial charge in [-0.2, -0.15) is 0 Å². The molecule has 142 valence electrons. The van der Waals surface area contributed by atoms with Crippen LogP contribution in [0.3, 0.4) is 0 Å². The molecule has 1 N–H and O–H groups in total. The van der Waals surface area contributed by atoms with Crippen molar-refractivity contribution in [3.05, 3.63) is 99.3 Å². The van der Waals surface area contributed by atoms with Gasteiger partial charge in [0.2, 0.25) is 5.43 Å². The third kappa shape index (κ3) is 3.39. The van der Waals surface area contributed by atoms with Gasteiger partial charge in [-0.25, -0.2) is 4.39 Å². The summed E-state index contributed by atoms with van der Waals surface area (Å²) in [5, 5.41) is 10.4. The van der Waals surface area contributed by atoms with Crippen LogP contribution in [0.2, 0.25) is 0 Å². The van der Waals surface area contributed by atoms with E-state index in [4.69, 9.17) is 0 Å². The fourth-order valence-electron chi connectivity index (χ4n) is 2.95. The first-order chi connectivity index (χ1) is 13.0. The molecular formula is C20H15ClFN3O3. The molecule has 1 aromatic carbocycles. The lowest BCUT2D eigenvalue weighted by Gasteiger charge is -2.11.